The van der Waals surface area contributed by atoms with Gasteiger partial charge in [0.15, 0.2) is 11.5 Å². The lowest BCUT2D eigenvalue weighted by atomic mass is 9.98. The Hall–Kier alpha value is -2.37. The third-order valence-electron chi connectivity index (χ3n) is 3.29. The fourth-order valence-electron chi connectivity index (χ4n) is 2.28. The van der Waals surface area contributed by atoms with Gasteiger partial charge in [0.1, 0.15) is 11.4 Å². The van der Waals surface area contributed by atoms with Crippen LogP contribution in [0.5, 0.6) is 17.2 Å². The summed E-state index contributed by atoms with van der Waals surface area (Å²) in [6, 6.07) is 3.56. The van der Waals surface area contributed by atoms with Crippen molar-refractivity contribution in [2.45, 2.75) is 19.8 Å². The highest BCUT2D eigenvalue weighted by atomic mass is 16.5. The zero-order valence-corrected chi connectivity index (χ0v) is 12.9. The number of ether oxygens (including phenoxy) is 3. The van der Waals surface area contributed by atoms with Crippen LogP contribution in [0.25, 0.3) is 11.3 Å². The first-order chi connectivity index (χ1) is 10.0. The highest BCUT2D eigenvalue weighted by Gasteiger charge is 2.23. The van der Waals surface area contributed by atoms with E-state index in [1.807, 2.05) is 13.8 Å². The largest absolute Gasteiger partial charge is 0.496 e. The molecule has 0 radical (unpaired) electrons. The summed E-state index contributed by atoms with van der Waals surface area (Å²) in [5.41, 5.74) is 8.12. The molecule has 6 heteroatoms. The summed E-state index contributed by atoms with van der Waals surface area (Å²) < 4.78 is 21.2. The van der Waals surface area contributed by atoms with Crippen LogP contribution in [0.3, 0.4) is 0 Å². The number of nitrogen functional groups attached to an aromatic ring is 1. The maximum atomic E-state index is 5.87. The zero-order chi connectivity index (χ0) is 15.6. The number of aromatic nitrogens is 1. The minimum atomic E-state index is 0.170. The molecule has 1 heterocycles. The number of nitrogens with two attached hydrogens (primary N) is 1. The maximum absolute atomic E-state index is 5.87. The first kappa shape index (κ1) is 15.0. The zero-order valence-electron chi connectivity index (χ0n) is 12.9. The van der Waals surface area contributed by atoms with Gasteiger partial charge >= 0.3 is 0 Å². The summed E-state index contributed by atoms with van der Waals surface area (Å²) in [7, 11) is 4.74. The molecule has 114 valence electrons. The lowest BCUT2D eigenvalue weighted by Gasteiger charge is -2.14. The van der Waals surface area contributed by atoms with E-state index in [2.05, 4.69) is 5.16 Å². The molecule has 0 unspecified atom stereocenters. The van der Waals surface area contributed by atoms with Crippen molar-refractivity contribution >= 4 is 5.88 Å². The number of nitrogens with zero attached hydrogens (tertiary/aromatic N) is 1. The van der Waals surface area contributed by atoms with Crippen molar-refractivity contribution in [3.8, 4) is 28.5 Å². The van der Waals surface area contributed by atoms with E-state index in [1.54, 1.807) is 33.5 Å². The number of rotatable bonds is 5. The SMILES string of the molecule is COc1cc(OC)c(-c2noc(N)c2C(C)C)cc1OC. The number of methoxy groups -OCH3 is 3. The molecule has 0 spiro atoms. The molecule has 0 saturated carbocycles. The second kappa shape index (κ2) is 5.95. The van der Waals surface area contributed by atoms with E-state index in [9.17, 15) is 0 Å². The standard InChI is InChI=1S/C15H20N2O4/c1-8(2)13-14(17-21-15(13)16)9-6-11(19-4)12(20-5)7-10(9)18-3/h6-8H,16H2,1-5H3. The Labute approximate surface area is 123 Å². The van der Waals surface area contributed by atoms with Crippen molar-refractivity contribution in [2.75, 3.05) is 27.1 Å². The average Bonchev–Trinajstić information content (AvgIpc) is 2.87. The lowest BCUT2D eigenvalue weighted by Crippen LogP contribution is -1.98. The normalized spacial score (nSPS) is 10.8. The van der Waals surface area contributed by atoms with Crippen LogP contribution in [0.4, 0.5) is 5.88 Å². The molecular weight excluding hydrogens is 272 g/mol. The third-order valence-corrected chi connectivity index (χ3v) is 3.29. The second-order valence-corrected chi connectivity index (χ2v) is 4.87. The van der Waals surface area contributed by atoms with Gasteiger partial charge < -0.3 is 24.5 Å². The first-order valence-electron chi connectivity index (χ1n) is 6.58. The van der Waals surface area contributed by atoms with E-state index in [1.165, 1.54) is 0 Å². The van der Waals surface area contributed by atoms with Gasteiger partial charge in [0.2, 0.25) is 5.88 Å². The topological polar surface area (TPSA) is 79.7 Å². The van der Waals surface area contributed by atoms with Crippen molar-refractivity contribution < 1.29 is 18.7 Å². The third kappa shape index (κ3) is 2.61. The Morgan fingerprint density at radius 3 is 2.10 bits per heavy atom. The Morgan fingerprint density at radius 1 is 1.00 bits per heavy atom. The summed E-state index contributed by atoms with van der Waals surface area (Å²) in [5, 5.41) is 4.07. The van der Waals surface area contributed by atoms with E-state index >= 15 is 0 Å². The number of benzene rings is 1. The van der Waals surface area contributed by atoms with Gasteiger partial charge in [-0.05, 0) is 12.0 Å². The molecule has 0 aliphatic rings. The molecule has 21 heavy (non-hydrogen) atoms. The van der Waals surface area contributed by atoms with E-state index in [-0.39, 0.29) is 5.92 Å². The molecule has 2 aromatic rings. The monoisotopic (exact) mass is 292 g/mol. The Kier molecular flexibility index (Phi) is 4.26. The Balaban J connectivity index is 2.68. The number of anilines is 1. The smallest absolute Gasteiger partial charge is 0.226 e. The van der Waals surface area contributed by atoms with E-state index in [0.29, 0.717) is 28.8 Å². The molecule has 0 aliphatic heterocycles. The minimum absolute atomic E-state index is 0.170. The summed E-state index contributed by atoms with van der Waals surface area (Å²) in [5.74, 6) is 2.27. The molecule has 0 amide bonds. The van der Waals surface area contributed by atoms with Crippen molar-refractivity contribution in [3.63, 3.8) is 0 Å². The van der Waals surface area contributed by atoms with Crippen molar-refractivity contribution in [3.05, 3.63) is 17.7 Å². The van der Waals surface area contributed by atoms with Gasteiger partial charge in [-0.25, -0.2) is 0 Å². The lowest BCUT2D eigenvalue weighted by molar-refractivity contribution is 0.349. The van der Waals surface area contributed by atoms with Gasteiger partial charge in [0, 0.05) is 11.6 Å². The Bertz CT molecular complexity index is 635. The second-order valence-electron chi connectivity index (χ2n) is 4.87. The Morgan fingerprint density at radius 2 is 1.57 bits per heavy atom. The van der Waals surface area contributed by atoms with Gasteiger partial charge in [-0.15, -0.1) is 0 Å². The minimum Gasteiger partial charge on any atom is -0.496 e. The van der Waals surface area contributed by atoms with Gasteiger partial charge in [-0.2, -0.15) is 0 Å². The summed E-state index contributed by atoms with van der Waals surface area (Å²) in [6.45, 7) is 4.05. The molecule has 0 saturated heterocycles. The van der Waals surface area contributed by atoms with Gasteiger partial charge in [0.05, 0.1) is 26.9 Å². The van der Waals surface area contributed by atoms with E-state index in [0.717, 1.165) is 11.1 Å². The fraction of sp³-hybridized carbons (Fsp3) is 0.400. The van der Waals surface area contributed by atoms with Crippen LogP contribution in [0.1, 0.15) is 25.3 Å². The molecule has 0 bridgehead atoms. The molecule has 2 rings (SSSR count). The van der Waals surface area contributed by atoms with Crippen LogP contribution in [0.15, 0.2) is 16.7 Å². The van der Waals surface area contributed by atoms with Crippen LogP contribution in [0.2, 0.25) is 0 Å². The molecule has 0 fully saturated rings. The highest BCUT2D eigenvalue weighted by Crippen LogP contribution is 2.43. The predicted octanol–water partition coefficient (Wildman–Crippen LogP) is 3.07. The molecular formula is C15H20N2O4. The fourth-order valence-corrected chi connectivity index (χ4v) is 2.28. The average molecular weight is 292 g/mol. The summed E-state index contributed by atoms with van der Waals surface area (Å²) in [4.78, 5) is 0. The summed E-state index contributed by atoms with van der Waals surface area (Å²) >= 11 is 0. The van der Waals surface area contributed by atoms with Crippen LogP contribution in [0, 0.1) is 0 Å². The highest BCUT2D eigenvalue weighted by molar-refractivity contribution is 5.76. The quantitative estimate of drug-likeness (QED) is 0.912. The first-order valence-corrected chi connectivity index (χ1v) is 6.58. The molecule has 0 atom stereocenters. The molecule has 2 N–H and O–H groups in total. The summed E-state index contributed by atoms with van der Waals surface area (Å²) in [6.07, 6.45) is 0. The molecule has 1 aromatic heterocycles. The van der Waals surface area contributed by atoms with Crippen molar-refractivity contribution in [1.82, 2.24) is 5.16 Å². The van der Waals surface area contributed by atoms with Crippen molar-refractivity contribution in [2.24, 2.45) is 0 Å². The number of hydrogen-bond acceptors (Lipinski definition) is 6. The van der Waals surface area contributed by atoms with Gasteiger partial charge in [-0.3, -0.25) is 0 Å². The maximum Gasteiger partial charge on any atom is 0.226 e. The molecule has 6 nitrogen and oxygen atoms in total. The van der Waals surface area contributed by atoms with Crippen LogP contribution < -0.4 is 19.9 Å². The molecule has 0 aliphatic carbocycles. The molecule has 1 aromatic carbocycles. The van der Waals surface area contributed by atoms with E-state index < -0.39 is 0 Å². The van der Waals surface area contributed by atoms with Crippen molar-refractivity contribution in [1.29, 1.82) is 0 Å². The van der Waals surface area contributed by atoms with Crippen LogP contribution >= 0.6 is 0 Å². The predicted molar refractivity (Wildman–Crippen MR) is 80.1 cm³/mol. The van der Waals surface area contributed by atoms with E-state index in [4.69, 9.17) is 24.5 Å². The van der Waals surface area contributed by atoms with Gasteiger partial charge in [-0.1, -0.05) is 19.0 Å². The van der Waals surface area contributed by atoms with Gasteiger partial charge in [0.25, 0.3) is 0 Å². The van der Waals surface area contributed by atoms with Crippen LogP contribution in [-0.4, -0.2) is 26.5 Å². The van der Waals surface area contributed by atoms with Crippen LogP contribution in [-0.2, 0) is 0 Å². The number of hydrogen-bond donors (Lipinski definition) is 1.